The summed E-state index contributed by atoms with van der Waals surface area (Å²) >= 11 is 0. The van der Waals surface area contributed by atoms with Crippen molar-refractivity contribution in [1.29, 1.82) is 0 Å². The lowest BCUT2D eigenvalue weighted by molar-refractivity contribution is -0.130. The zero-order valence-corrected chi connectivity index (χ0v) is 15.4. The van der Waals surface area contributed by atoms with Crippen LogP contribution in [0.15, 0.2) is 0 Å². The van der Waals surface area contributed by atoms with Gasteiger partial charge in [-0.1, -0.05) is 27.7 Å². The highest BCUT2D eigenvalue weighted by Crippen LogP contribution is 2.05. The number of ketones is 1. The third-order valence-electron chi connectivity index (χ3n) is 3.70. The van der Waals surface area contributed by atoms with Crippen LogP contribution in [0.25, 0.3) is 0 Å². The van der Waals surface area contributed by atoms with Gasteiger partial charge in [-0.05, 0) is 25.7 Å². The number of amides is 3. The Labute approximate surface area is 144 Å². The maximum atomic E-state index is 12.2. The van der Waals surface area contributed by atoms with Gasteiger partial charge in [0.2, 0.25) is 17.7 Å². The maximum absolute atomic E-state index is 12.2. The van der Waals surface area contributed by atoms with Crippen molar-refractivity contribution in [1.82, 2.24) is 16.0 Å². The van der Waals surface area contributed by atoms with Crippen LogP contribution in [0.1, 0.15) is 53.9 Å². The summed E-state index contributed by atoms with van der Waals surface area (Å²) in [4.78, 5) is 46.5. The molecular formula is C17H31N3O4. The Hall–Kier alpha value is -1.92. The lowest BCUT2D eigenvalue weighted by Gasteiger charge is -2.19. The molecular weight excluding hydrogens is 310 g/mol. The van der Waals surface area contributed by atoms with Gasteiger partial charge in [0.25, 0.3) is 0 Å². The molecule has 138 valence electrons. The van der Waals surface area contributed by atoms with Crippen LogP contribution in [0.3, 0.4) is 0 Å². The first kappa shape index (κ1) is 22.1. The summed E-state index contributed by atoms with van der Waals surface area (Å²) in [7, 11) is 0. The highest BCUT2D eigenvalue weighted by molar-refractivity contribution is 5.90. The number of rotatable bonds is 11. The van der Waals surface area contributed by atoms with Gasteiger partial charge in [0.1, 0.15) is 11.8 Å². The number of hydrogen-bond donors (Lipinski definition) is 3. The van der Waals surface area contributed by atoms with E-state index >= 15 is 0 Å². The predicted octanol–water partition coefficient (Wildman–Crippen LogP) is 0.775. The molecule has 0 aliphatic carbocycles. The van der Waals surface area contributed by atoms with Crippen molar-refractivity contribution in [2.24, 2.45) is 11.8 Å². The van der Waals surface area contributed by atoms with Crippen LogP contribution in [-0.4, -0.2) is 42.6 Å². The largest absolute Gasteiger partial charge is 0.355 e. The molecule has 2 unspecified atom stereocenters. The Bertz CT molecular complexity index is 449. The monoisotopic (exact) mass is 341 g/mol. The average molecular weight is 341 g/mol. The number of Topliss-reactive ketones (excluding diaryl/α,β-unsaturated/α-hetero) is 1. The summed E-state index contributed by atoms with van der Waals surface area (Å²) in [6, 6.07) is -0.636. The molecule has 0 radical (unpaired) electrons. The van der Waals surface area contributed by atoms with E-state index in [1.807, 2.05) is 20.8 Å². The van der Waals surface area contributed by atoms with Crippen LogP contribution in [0.4, 0.5) is 0 Å². The zero-order valence-electron chi connectivity index (χ0n) is 15.4. The highest BCUT2D eigenvalue weighted by Gasteiger charge is 2.21. The number of nitrogens with one attached hydrogen (secondary N) is 3. The highest BCUT2D eigenvalue weighted by atomic mass is 16.2. The first-order valence-electron chi connectivity index (χ1n) is 8.51. The molecule has 0 heterocycles. The fraction of sp³-hybridized carbons (Fsp3) is 0.765. The van der Waals surface area contributed by atoms with Crippen LogP contribution < -0.4 is 16.0 Å². The van der Waals surface area contributed by atoms with E-state index in [2.05, 4.69) is 16.0 Å². The van der Waals surface area contributed by atoms with Gasteiger partial charge in [0.05, 0.1) is 6.54 Å². The molecule has 24 heavy (non-hydrogen) atoms. The molecule has 0 aliphatic heterocycles. The van der Waals surface area contributed by atoms with Crippen LogP contribution in [0, 0.1) is 11.8 Å². The van der Waals surface area contributed by atoms with Gasteiger partial charge >= 0.3 is 0 Å². The summed E-state index contributed by atoms with van der Waals surface area (Å²) in [6.45, 7) is 9.20. The van der Waals surface area contributed by atoms with Gasteiger partial charge in [0, 0.05) is 18.9 Å². The number of carbonyl (C=O) groups is 4. The zero-order chi connectivity index (χ0) is 18.7. The second kappa shape index (κ2) is 11.6. The molecule has 0 aromatic carbocycles. The van der Waals surface area contributed by atoms with Crippen molar-refractivity contribution >= 4 is 23.5 Å². The van der Waals surface area contributed by atoms with E-state index < -0.39 is 6.04 Å². The summed E-state index contributed by atoms with van der Waals surface area (Å²) < 4.78 is 0. The SMILES string of the molecule is CCC(=O)NC(CC(C)C)C(=O)NCC(=O)NCCC(C)C(C)=O. The molecule has 3 amide bonds. The van der Waals surface area contributed by atoms with Gasteiger partial charge in [-0.15, -0.1) is 0 Å². The van der Waals surface area contributed by atoms with E-state index in [0.717, 1.165) is 0 Å². The minimum atomic E-state index is -0.636. The molecule has 0 aromatic heterocycles. The predicted molar refractivity (Wildman–Crippen MR) is 92.2 cm³/mol. The third-order valence-corrected chi connectivity index (χ3v) is 3.70. The number of hydrogen-bond acceptors (Lipinski definition) is 4. The minimum Gasteiger partial charge on any atom is -0.355 e. The van der Waals surface area contributed by atoms with Gasteiger partial charge in [0.15, 0.2) is 0 Å². The van der Waals surface area contributed by atoms with Gasteiger partial charge in [-0.2, -0.15) is 0 Å². The molecule has 0 fully saturated rings. The number of carbonyl (C=O) groups excluding carboxylic acids is 4. The molecule has 7 nitrogen and oxygen atoms in total. The van der Waals surface area contributed by atoms with Crippen molar-refractivity contribution in [3.63, 3.8) is 0 Å². The lowest BCUT2D eigenvalue weighted by atomic mass is 10.0. The van der Waals surface area contributed by atoms with E-state index in [9.17, 15) is 19.2 Å². The molecule has 0 bridgehead atoms. The molecule has 2 atom stereocenters. The molecule has 0 aromatic rings. The fourth-order valence-electron chi connectivity index (χ4n) is 1.98. The first-order valence-corrected chi connectivity index (χ1v) is 8.51. The summed E-state index contributed by atoms with van der Waals surface area (Å²) in [5, 5.41) is 7.88. The molecule has 0 spiro atoms. The van der Waals surface area contributed by atoms with Crippen molar-refractivity contribution in [3.8, 4) is 0 Å². The molecule has 0 rings (SSSR count). The summed E-state index contributed by atoms with van der Waals surface area (Å²) in [5.74, 6) is -0.652. The smallest absolute Gasteiger partial charge is 0.243 e. The topological polar surface area (TPSA) is 104 Å². The Morgan fingerprint density at radius 2 is 1.58 bits per heavy atom. The van der Waals surface area contributed by atoms with Crippen LogP contribution in [0.2, 0.25) is 0 Å². The van der Waals surface area contributed by atoms with E-state index in [1.54, 1.807) is 6.92 Å². The van der Waals surface area contributed by atoms with Crippen LogP contribution >= 0.6 is 0 Å². The average Bonchev–Trinajstić information content (AvgIpc) is 2.50. The van der Waals surface area contributed by atoms with E-state index in [0.29, 0.717) is 25.8 Å². The molecule has 3 N–H and O–H groups in total. The van der Waals surface area contributed by atoms with Crippen molar-refractivity contribution < 1.29 is 19.2 Å². The van der Waals surface area contributed by atoms with Crippen molar-refractivity contribution in [3.05, 3.63) is 0 Å². The Morgan fingerprint density at radius 1 is 0.958 bits per heavy atom. The Morgan fingerprint density at radius 3 is 2.08 bits per heavy atom. The van der Waals surface area contributed by atoms with Gasteiger partial charge < -0.3 is 16.0 Å². The van der Waals surface area contributed by atoms with Crippen LogP contribution in [0.5, 0.6) is 0 Å². The second-order valence-corrected chi connectivity index (χ2v) is 6.47. The molecule has 7 heteroatoms. The lowest BCUT2D eigenvalue weighted by Crippen LogP contribution is -2.49. The molecule has 0 saturated heterocycles. The minimum absolute atomic E-state index is 0.0840. The van der Waals surface area contributed by atoms with Crippen LogP contribution in [-0.2, 0) is 19.2 Å². The van der Waals surface area contributed by atoms with Crippen molar-refractivity contribution in [2.45, 2.75) is 59.9 Å². The second-order valence-electron chi connectivity index (χ2n) is 6.47. The fourth-order valence-corrected chi connectivity index (χ4v) is 1.98. The standard InChI is InChI=1S/C17H31N3O4/c1-6-15(22)20-14(9-11(2)3)17(24)19-10-16(23)18-8-7-12(4)13(5)21/h11-12,14H,6-10H2,1-5H3,(H,18,23)(H,19,24)(H,20,22). The first-order chi connectivity index (χ1) is 11.2. The normalized spacial score (nSPS) is 13.1. The summed E-state index contributed by atoms with van der Waals surface area (Å²) in [5.41, 5.74) is 0. The quantitative estimate of drug-likeness (QED) is 0.516. The van der Waals surface area contributed by atoms with Gasteiger partial charge in [-0.25, -0.2) is 0 Å². The Balaban J connectivity index is 4.27. The van der Waals surface area contributed by atoms with E-state index in [1.165, 1.54) is 6.92 Å². The summed E-state index contributed by atoms with van der Waals surface area (Å²) in [6.07, 6.45) is 1.38. The third kappa shape index (κ3) is 9.97. The maximum Gasteiger partial charge on any atom is 0.243 e. The molecule has 0 aliphatic rings. The molecule has 0 saturated carbocycles. The van der Waals surface area contributed by atoms with E-state index in [-0.39, 0.29) is 41.9 Å². The van der Waals surface area contributed by atoms with Gasteiger partial charge in [-0.3, -0.25) is 19.2 Å². The Kier molecular flexibility index (Phi) is 10.7. The van der Waals surface area contributed by atoms with E-state index in [4.69, 9.17) is 0 Å². The van der Waals surface area contributed by atoms with Crippen molar-refractivity contribution in [2.75, 3.05) is 13.1 Å².